The molecule has 0 radical (unpaired) electrons. The van der Waals surface area contributed by atoms with Crippen LogP contribution in [-0.4, -0.2) is 55.7 Å². The van der Waals surface area contributed by atoms with Crippen LogP contribution in [0.2, 0.25) is 0 Å². The van der Waals surface area contributed by atoms with E-state index in [9.17, 15) is 4.79 Å². The maximum absolute atomic E-state index is 11.7. The van der Waals surface area contributed by atoms with E-state index in [4.69, 9.17) is 10.5 Å². The van der Waals surface area contributed by atoms with Crippen molar-refractivity contribution in [3.8, 4) is 0 Å². The molecule has 5 nitrogen and oxygen atoms in total. The van der Waals surface area contributed by atoms with E-state index in [-0.39, 0.29) is 11.9 Å². The smallest absolute Gasteiger partial charge is 0.237 e. The Bertz CT molecular complexity index is 301. The zero-order valence-corrected chi connectivity index (χ0v) is 13.4. The van der Waals surface area contributed by atoms with Crippen molar-refractivity contribution in [2.75, 3.05) is 33.4 Å². The van der Waals surface area contributed by atoms with Crippen molar-refractivity contribution in [3.63, 3.8) is 0 Å². The normalized spacial score (nSPS) is 21.1. The Morgan fingerprint density at radius 1 is 1.45 bits per heavy atom. The van der Waals surface area contributed by atoms with E-state index in [2.05, 4.69) is 10.2 Å². The van der Waals surface area contributed by atoms with Gasteiger partial charge in [0.25, 0.3) is 0 Å². The maximum atomic E-state index is 11.7. The fourth-order valence-corrected chi connectivity index (χ4v) is 2.90. The topological polar surface area (TPSA) is 67.6 Å². The second-order valence-electron chi connectivity index (χ2n) is 6.49. The molecule has 1 aliphatic heterocycles. The van der Waals surface area contributed by atoms with Gasteiger partial charge in [0, 0.05) is 26.3 Å². The molecule has 118 valence electrons. The van der Waals surface area contributed by atoms with Crippen LogP contribution in [0.1, 0.15) is 40.0 Å². The number of methoxy groups -OCH3 is 1. The molecule has 1 fully saturated rings. The number of hydrogen-bond donors (Lipinski definition) is 2. The molecule has 0 aromatic carbocycles. The summed E-state index contributed by atoms with van der Waals surface area (Å²) in [7, 11) is 1.77. The highest BCUT2D eigenvalue weighted by Crippen LogP contribution is 2.19. The molecule has 3 N–H and O–H groups in total. The summed E-state index contributed by atoms with van der Waals surface area (Å²) in [5, 5.41) is 3.30. The third-order valence-corrected chi connectivity index (χ3v) is 4.19. The van der Waals surface area contributed by atoms with Gasteiger partial charge in [-0.2, -0.15) is 0 Å². The summed E-state index contributed by atoms with van der Waals surface area (Å²) >= 11 is 0. The number of nitrogens with two attached hydrogens (primary N) is 1. The Kier molecular flexibility index (Phi) is 6.92. The van der Waals surface area contributed by atoms with E-state index in [0.717, 1.165) is 32.7 Å². The lowest BCUT2D eigenvalue weighted by molar-refractivity contribution is -0.124. The molecular formula is C15H31N3O2. The SMILES string of the molecule is COCC1CCN(CCC(C)(NC(C)C)C(N)=O)CC1. The van der Waals surface area contributed by atoms with Gasteiger partial charge in [-0.3, -0.25) is 4.79 Å². The Balaban J connectivity index is 2.39. The first-order valence-electron chi connectivity index (χ1n) is 7.66. The van der Waals surface area contributed by atoms with Crippen molar-refractivity contribution < 1.29 is 9.53 Å². The van der Waals surface area contributed by atoms with E-state index < -0.39 is 5.54 Å². The first kappa shape index (κ1) is 17.4. The number of nitrogens with zero attached hydrogens (tertiary/aromatic N) is 1. The number of carbonyl (C=O) groups is 1. The van der Waals surface area contributed by atoms with Crippen LogP contribution >= 0.6 is 0 Å². The van der Waals surface area contributed by atoms with Gasteiger partial charge in [-0.25, -0.2) is 0 Å². The highest BCUT2D eigenvalue weighted by molar-refractivity contribution is 5.84. The molecule has 0 aliphatic carbocycles. The molecule has 1 aliphatic rings. The molecule has 0 aromatic heterocycles. The van der Waals surface area contributed by atoms with E-state index in [1.807, 2.05) is 20.8 Å². The van der Waals surface area contributed by atoms with Gasteiger partial charge in [0.1, 0.15) is 0 Å². The summed E-state index contributed by atoms with van der Waals surface area (Å²) in [6.45, 7) is 9.94. The first-order valence-corrected chi connectivity index (χ1v) is 7.66. The summed E-state index contributed by atoms with van der Waals surface area (Å²) in [5.74, 6) is 0.424. The van der Waals surface area contributed by atoms with E-state index in [0.29, 0.717) is 5.92 Å². The Morgan fingerprint density at radius 3 is 2.50 bits per heavy atom. The largest absolute Gasteiger partial charge is 0.384 e. The number of piperidine rings is 1. The van der Waals surface area contributed by atoms with Crippen molar-refractivity contribution in [3.05, 3.63) is 0 Å². The summed E-state index contributed by atoms with van der Waals surface area (Å²) in [6.07, 6.45) is 3.12. The third-order valence-electron chi connectivity index (χ3n) is 4.19. The number of likely N-dealkylation sites (tertiary alicyclic amines) is 1. The standard InChI is InChI=1S/C15H31N3O2/c1-12(2)17-15(3,14(16)19)7-10-18-8-5-13(6-9-18)11-20-4/h12-13,17H,5-11H2,1-4H3,(H2,16,19). The molecule has 1 saturated heterocycles. The lowest BCUT2D eigenvalue weighted by atomic mass is 9.93. The lowest BCUT2D eigenvalue weighted by Gasteiger charge is -2.35. The second-order valence-corrected chi connectivity index (χ2v) is 6.49. The average molecular weight is 285 g/mol. The number of rotatable bonds is 8. The summed E-state index contributed by atoms with van der Waals surface area (Å²) in [6, 6.07) is 0.250. The molecule has 5 heteroatoms. The molecule has 20 heavy (non-hydrogen) atoms. The highest BCUT2D eigenvalue weighted by atomic mass is 16.5. The van der Waals surface area contributed by atoms with Gasteiger partial charge in [0.15, 0.2) is 0 Å². The fourth-order valence-electron chi connectivity index (χ4n) is 2.90. The number of primary amides is 1. The number of hydrogen-bond acceptors (Lipinski definition) is 4. The van der Waals surface area contributed by atoms with Crippen molar-refractivity contribution in [1.82, 2.24) is 10.2 Å². The van der Waals surface area contributed by atoms with Gasteiger partial charge in [0.2, 0.25) is 5.91 Å². The molecule has 1 heterocycles. The Labute approximate surface area is 123 Å². The Morgan fingerprint density at radius 2 is 2.05 bits per heavy atom. The third kappa shape index (κ3) is 5.38. The molecule has 1 amide bonds. The van der Waals surface area contributed by atoms with Crippen LogP contribution in [0.15, 0.2) is 0 Å². The van der Waals surface area contributed by atoms with Crippen molar-refractivity contribution >= 4 is 5.91 Å². The predicted molar refractivity (Wildman–Crippen MR) is 81.5 cm³/mol. The van der Waals surface area contributed by atoms with Crippen LogP contribution in [0.25, 0.3) is 0 Å². The van der Waals surface area contributed by atoms with Gasteiger partial charge in [0.05, 0.1) is 5.54 Å². The maximum Gasteiger partial charge on any atom is 0.237 e. The molecule has 0 saturated carbocycles. The van der Waals surface area contributed by atoms with Crippen molar-refractivity contribution in [1.29, 1.82) is 0 Å². The van der Waals surface area contributed by atoms with Crippen LogP contribution < -0.4 is 11.1 Å². The molecule has 0 aromatic rings. The van der Waals surface area contributed by atoms with Gasteiger partial charge < -0.3 is 20.7 Å². The van der Waals surface area contributed by atoms with E-state index in [1.54, 1.807) is 7.11 Å². The zero-order valence-electron chi connectivity index (χ0n) is 13.4. The number of amides is 1. The first-order chi connectivity index (χ1) is 9.37. The van der Waals surface area contributed by atoms with Crippen LogP contribution in [-0.2, 0) is 9.53 Å². The lowest BCUT2D eigenvalue weighted by Crippen LogP contribution is -2.57. The highest BCUT2D eigenvalue weighted by Gasteiger charge is 2.32. The molecule has 0 bridgehead atoms. The van der Waals surface area contributed by atoms with Gasteiger partial charge in [-0.05, 0) is 59.0 Å². The summed E-state index contributed by atoms with van der Waals surface area (Å²) in [5.41, 5.74) is 4.95. The molecular weight excluding hydrogens is 254 g/mol. The Hall–Kier alpha value is -0.650. The van der Waals surface area contributed by atoms with Crippen LogP contribution in [0.5, 0.6) is 0 Å². The van der Waals surface area contributed by atoms with Gasteiger partial charge in [-0.15, -0.1) is 0 Å². The summed E-state index contributed by atoms with van der Waals surface area (Å²) in [4.78, 5) is 14.1. The quantitative estimate of drug-likeness (QED) is 0.697. The van der Waals surface area contributed by atoms with Gasteiger partial charge >= 0.3 is 0 Å². The summed E-state index contributed by atoms with van der Waals surface area (Å²) < 4.78 is 5.22. The minimum atomic E-state index is -0.614. The number of nitrogens with one attached hydrogen (secondary N) is 1. The van der Waals surface area contributed by atoms with E-state index >= 15 is 0 Å². The average Bonchev–Trinajstić information content (AvgIpc) is 2.37. The monoisotopic (exact) mass is 285 g/mol. The fraction of sp³-hybridized carbons (Fsp3) is 0.933. The van der Waals surface area contributed by atoms with E-state index in [1.165, 1.54) is 12.8 Å². The minimum absolute atomic E-state index is 0.250. The predicted octanol–water partition coefficient (Wildman–Crippen LogP) is 0.977. The number of carbonyl (C=O) groups excluding carboxylic acids is 1. The zero-order chi connectivity index (χ0) is 15.2. The molecule has 1 atom stereocenters. The molecule has 1 unspecified atom stereocenters. The van der Waals surface area contributed by atoms with Crippen LogP contribution in [0.3, 0.4) is 0 Å². The molecule has 1 rings (SSSR count). The van der Waals surface area contributed by atoms with Crippen LogP contribution in [0, 0.1) is 5.92 Å². The van der Waals surface area contributed by atoms with Gasteiger partial charge in [-0.1, -0.05) is 0 Å². The minimum Gasteiger partial charge on any atom is -0.384 e. The molecule has 0 spiro atoms. The van der Waals surface area contributed by atoms with Crippen molar-refractivity contribution in [2.24, 2.45) is 11.7 Å². The number of ether oxygens (including phenoxy) is 1. The van der Waals surface area contributed by atoms with Crippen LogP contribution in [0.4, 0.5) is 0 Å². The van der Waals surface area contributed by atoms with Crippen molar-refractivity contribution in [2.45, 2.75) is 51.6 Å². The second kappa shape index (κ2) is 7.96.